The van der Waals surface area contributed by atoms with Gasteiger partial charge in [0.15, 0.2) is 0 Å². The molecule has 204 valence electrons. The number of benzene rings is 3. The van der Waals surface area contributed by atoms with Crippen LogP contribution in [-0.2, 0) is 31.8 Å². The van der Waals surface area contributed by atoms with Gasteiger partial charge in [0.25, 0.3) is 0 Å². The van der Waals surface area contributed by atoms with Crippen molar-refractivity contribution in [1.82, 2.24) is 5.32 Å². The van der Waals surface area contributed by atoms with Crippen LogP contribution in [-0.4, -0.2) is 18.5 Å². The van der Waals surface area contributed by atoms with Crippen molar-refractivity contribution in [3.63, 3.8) is 0 Å². The van der Waals surface area contributed by atoms with Gasteiger partial charge in [0.1, 0.15) is 6.61 Å². The van der Waals surface area contributed by atoms with Gasteiger partial charge in [0.2, 0.25) is 0 Å². The van der Waals surface area contributed by atoms with Gasteiger partial charge in [-0.2, -0.15) is 13.2 Å². The van der Waals surface area contributed by atoms with E-state index in [0.717, 1.165) is 12.1 Å². The molecule has 8 heteroatoms. The lowest BCUT2D eigenvalue weighted by Crippen LogP contribution is -2.33. The highest BCUT2D eigenvalue weighted by atomic mass is 19.4. The molecule has 0 radical (unpaired) electrons. The van der Waals surface area contributed by atoms with Crippen molar-refractivity contribution in [3.05, 3.63) is 124 Å². The topological polar surface area (TPSA) is 64.6 Å². The fourth-order valence-corrected chi connectivity index (χ4v) is 4.20. The van der Waals surface area contributed by atoms with Crippen LogP contribution >= 0.6 is 0 Å². The summed E-state index contributed by atoms with van der Waals surface area (Å²) in [5.41, 5.74) is 2.07. The minimum Gasteiger partial charge on any atom is -0.463 e. The Morgan fingerprint density at radius 2 is 1.45 bits per heavy atom. The van der Waals surface area contributed by atoms with Crippen LogP contribution in [0.5, 0.6) is 0 Å². The molecule has 0 amide bonds. The smallest absolute Gasteiger partial charge is 0.416 e. The number of alkyl halides is 3. The van der Waals surface area contributed by atoms with Gasteiger partial charge in [-0.1, -0.05) is 72.5 Å². The maximum Gasteiger partial charge on any atom is 0.416 e. The van der Waals surface area contributed by atoms with E-state index in [4.69, 9.17) is 9.47 Å². The number of carbonyl (C=O) groups is 2. The van der Waals surface area contributed by atoms with E-state index < -0.39 is 29.6 Å². The predicted molar refractivity (Wildman–Crippen MR) is 144 cm³/mol. The highest BCUT2D eigenvalue weighted by molar-refractivity contribution is 6.04. The quantitative estimate of drug-likeness (QED) is 0.292. The Balaban J connectivity index is 1.77. The van der Waals surface area contributed by atoms with Gasteiger partial charge in [-0.05, 0) is 49.2 Å². The molecule has 3 aromatic rings. The number of esters is 2. The van der Waals surface area contributed by atoms with Crippen molar-refractivity contribution in [3.8, 4) is 11.8 Å². The zero-order valence-electron chi connectivity index (χ0n) is 21.8. The van der Waals surface area contributed by atoms with Gasteiger partial charge in [0, 0.05) is 11.3 Å². The molecule has 1 aliphatic heterocycles. The van der Waals surface area contributed by atoms with Gasteiger partial charge >= 0.3 is 18.1 Å². The second kappa shape index (κ2) is 12.4. The fraction of sp³-hybridized carbons (Fsp3) is 0.188. The van der Waals surface area contributed by atoms with Crippen LogP contribution in [0.4, 0.5) is 13.2 Å². The average Bonchev–Trinajstić information content (AvgIpc) is 2.95. The molecule has 0 unspecified atom stereocenters. The van der Waals surface area contributed by atoms with Crippen molar-refractivity contribution >= 4 is 17.6 Å². The summed E-state index contributed by atoms with van der Waals surface area (Å²) < 4.78 is 49.8. The van der Waals surface area contributed by atoms with Crippen LogP contribution in [0.3, 0.4) is 0 Å². The molecule has 1 heterocycles. The SMILES string of the molecule is CCOC(=O)C1=C(C)NC(c2ccccc2)=C(C(=O)OCc2ccc(C(F)(F)F)cc2)[C@H]1C#Cc1ccccc1. The van der Waals surface area contributed by atoms with Crippen LogP contribution in [0.2, 0.25) is 0 Å². The summed E-state index contributed by atoms with van der Waals surface area (Å²) in [6.07, 6.45) is -4.48. The number of ether oxygens (including phenoxy) is 2. The zero-order valence-corrected chi connectivity index (χ0v) is 21.8. The molecule has 1 atom stereocenters. The average molecular weight is 546 g/mol. The number of dihydropyridines is 1. The summed E-state index contributed by atoms with van der Waals surface area (Å²) in [4.78, 5) is 26.8. The van der Waals surface area contributed by atoms with Crippen LogP contribution in [0.1, 0.15) is 36.1 Å². The molecule has 0 spiro atoms. The summed E-state index contributed by atoms with van der Waals surface area (Å²) in [5.74, 6) is 3.72. The number of rotatable bonds is 6. The van der Waals surface area contributed by atoms with Crippen LogP contribution in [0.25, 0.3) is 5.70 Å². The summed E-state index contributed by atoms with van der Waals surface area (Å²) >= 11 is 0. The minimum absolute atomic E-state index is 0.0928. The Hall–Kier alpha value is -4.77. The molecule has 4 rings (SSSR count). The van der Waals surface area contributed by atoms with Crippen molar-refractivity contribution in [2.24, 2.45) is 5.92 Å². The van der Waals surface area contributed by atoms with Gasteiger partial charge < -0.3 is 14.8 Å². The number of halogens is 3. The molecular weight excluding hydrogens is 519 g/mol. The lowest BCUT2D eigenvalue weighted by atomic mass is 9.84. The third-order valence-corrected chi connectivity index (χ3v) is 6.13. The van der Waals surface area contributed by atoms with Gasteiger partial charge in [-0.25, -0.2) is 9.59 Å². The Morgan fingerprint density at radius 3 is 2.05 bits per heavy atom. The Morgan fingerprint density at radius 1 is 0.850 bits per heavy atom. The maximum atomic E-state index is 13.7. The van der Waals surface area contributed by atoms with E-state index in [0.29, 0.717) is 28.1 Å². The number of nitrogens with one attached hydrogen (secondary N) is 1. The summed E-state index contributed by atoms with van der Waals surface area (Å²) in [6, 6.07) is 22.5. The number of allylic oxidation sites excluding steroid dienone is 1. The van der Waals surface area contributed by atoms with E-state index in [9.17, 15) is 22.8 Å². The predicted octanol–water partition coefficient (Wildman–Crippen LogP) is 6.27. The number of hydrogen-bond acceptors (Lipinski definition) is 5. The number of hydrogen-bond donors (Lipinski definition) is 1. The Kier molecular flexibility index (Phi) is 8.75. The monoisotopic (exact) mass is 545 g/mol. The molecular formula is C32H26F3NO4. The summed E-state index contributed by atoms with van der Waals surface area (Å²) in [6.45, 7) is 3.23. The largest absolute Gasteiger partial charge is 0.463 e. The first-order chi connectivity index (χ1) is 19.2. The maximum absolute atomic E-state index is 13.7. The molecule has 1 aliphatic rings. The van der Waals surface area contributed by atoms with Gasteiger partial charge in [-0.15, -0.1) is 0 Å². The molecule has 40 heavy (non-hydrogen) atoms. The molecule has 1 N–H and O–H groups in total. The first-order valence-corrected chi connectivity index (χ1v) is 12.5. The van der Waals surface area contributed by atoms with E-state index in [2.05, 4.69) is 17.2 Å². The normalized spacial score (nSPS) is 15.1. The molecule has 0 bridgehead atoms. The van der Waals surface area contributed by atoms with Crippen LogP contribution in [0, 0.1) is 17.8 Å². The van der Waals surface area contributed by atoms with Gasteiger partial charge in [0.05, 0.1) is 34.9 Å². The minimum atomic E-state index is -4.48. The Labute approximate surface area is 230 Å². The van der Waals surface area contributed by atoms with E-state index in [1.807, 2.05) is 24.3 Å². The Bertz CT molecular complexity index is 1500. The third kappa shape index (κ3) is 6.62. The molecule has 0 fully saturated rings. The van der Waals surface area contributed by atoms with E-state index in [1.54, 1.807) is 50.2 Å². The lowest BCUT2D eigenvalue weighted by Gasteiger charge is -2.29. The molecule has 0 aromatic heterocycles. The molecule has 0 aliphatic carbocycles. The third-order valence-electron chi connectivity index (χ3n) is 6.13. The second-order valence-electron chi connectivity index (χ2n) is 8.88. The van der Waals surface area contributed by atoms with Crippen LogP contribution in [0.15, 0.2) is 102 Å². The van der Waals surface area contributed by atoms with Gasteiger partial charge in [-0.3, -0.25) is 0 Å². The zero-order chi connectivity index (χ0) is 28.7. The molecule has 5 nitrogen and oxygen atoms in total. The van der Waals surface area contributed by atoms with Crippen LogP contribution < -0.4 is 5.32 Å². The highest BCUT2D eigenvalue weighted by Crippen LogP contribution is 2.35. The first kappa shape index (κ1) is 28.2. The highest BCUT2D eigenvalue weighted by Gasteiger charge is 2.38. The molecule has 0 saturated carbocycles. The lowest BCUT2D eigenvalue weighted by molar-refractivity contribution is -0.141. The van der Waals surface area contributed by atoms with E-state index in [1.165, 1.54) is 12.1 Å². The first-order valence-electron chi connectivity index (χ1n) is 12.5. The second-order valence-corrected chi connectivity index (χ2v) is 8.88. The van der Waals surface area contributed by atoms with Crippen molar-refractivity contribution in [2.45, 2.75) is 26.6 Å². The fourth-order valence-electron chi connectivity index (χ4n) is 4.20. The van der Waals surface area contributed by atoms with Crippen molar-refractivity contribution in [2.75, 3.05) is 6.61 Å². The molecule has 3 aromatic carbocycles. The van der Waals surface area contributed by atoms with E-state index >= 15 is 0 Å². The van der Waals surface area contributed by atoms with E-state index in [-0.39, 0.29) is 24.4 Å². The summed E-state index contributed by atoms with van der Waals surface area (Å²) in [7, 11) is 0. The molecule has 0 saturated heterocycles. The standard InChI is InChI=1S/C32H26F3NO4/c1-3-39-30(37)27-21(2)36-29(24-12-8-5-9-13-24)28(26(27)19-16-22-10-6-4-7-11-22)31(38)40-20-23-14-17-25(18-15-23)32(33,34)35/h4-15,17-18,26,36H,3,20H2,1-2H3/t26-/m0/s1. The van der Waals surface area contributed by atoms with Crippen molar-refractivity contribution < 1.29 is 32.2 Å². The number of carbonyl (C=O) groups excluding carboxylic acids is 2. The summed E-state index contributed by atoms with van der Waals surface area (Å²) in [5, 5.41) is 3.17. The van der Waals surface area contributed by atoms with Crippen molar-refractivity contribution in [1.29, 1.82) is 0 Å².